The molecule has 0 spiro atoms. The first-order valence-corrected chi connectivity index (χ1v) is 12.6. The molecule has 2 aliphatic rings. The zero-order valence-corrected chi connectivity index (χ0v) is 21.3. The third-order valence-electron chi connectivity index (χ3n) is 6.06. The lowest BCUT2D eigenvalue weighted by molar-refractivity contribution is -0.136. The number of rotatable bonds is 7. The van der Waals surface area contributed by atoms with Crippen molar-refractivity contribution in [1.29, 1.82) is 0 Å². The first-order valence-electron chi connectivity index (χ1n) is 11.5. The summed E-state index contributed by atoms with van der Waals surface area (Å²) in [7, 11) is 1.51. The van der Waals surface area contributed by atoms with Gasteiger partial charge in [-0.2, -0.15) is 0 Å². The van der Waals surface area contributed by atoms with Crippen LogP contribution in [0.15, 0.2) is 41.3 Å². The maximum atomic E-state index is 12.9. The van der Waals surface area contributed by atoms with E-state index in [-0.39, 0.29) is 17.4 Å². The Labute approximate surface area is 214 Å². The monoisotopic (exact) mass is 514 g/mol. The van der Waals surface area contributed by atoms with Gasteiger partial charge in [-0.15, -0.1) is 0 Å². The molecule has 0 N–H and O–H groups in total. The summed E-state index contributed by atoms with van der Waals surface area (Å²) in [6, 6.07) is 11.3. The predicted molar refractivity (Wildman–Crippen MR) is 137 cm³/mol. The minimum absolute atomic E-state index is 0.201. The number of likely N-dealkylation sites (tertiary alicyclic amines) is 1. The van der Waals surface area contributed by atoms with Crippen LogP contribution in [0, 0.1) is 6.92 Å². The Morgan fingerprint density at radius 1 is 1.14 bits per heavy atom. The number of benzene rings is 2. The van der Waals surface area contributed by atoms with E-state index in [4.69, 9.17) is 21.1 Å². The first-order chi connectivity index (χ1) is 16.9. The SMILES string of the molecule is COc1cc(/C=C2\SC(=O)N(CC(=O)N3CCCCC3)C2=O)cc(Cl)c1OCc1ccccc1C. The van der Waals surface area contributed by atoms with Gasteiger partial charge in [0, 0.05) is 13.1 Å². The molecule has 0 atom stereocenters. The normalized spacial score (nSPS) is 17.3. The number of ether oxygens (including phenoxy) is 2. The number of hydrogen-bond donors (Lipinski definition) is 0. The molecule has 2 aliphatic heterocycles. The van der Waals surface area contributed by atoms with Gasteiger partial charge in [-0.1, -0.05) is 35.9 Å². The number of nitrogens with zero attached hydrogens (tertiary/aromatic N) is 2. The average molecular weight is 515 g/mol. The molecule has 0 unspecified atom stereocenters. The van der Waals surface area contributed by atoms with Gasteiger partial charge in [-0.05, 0) is 72.8 Å². The Hall–Kier alpha value is -2.97. The Morgan fingerprint density at radius 3 is 2.60 bits per heavy atom. The lowest BCUT2D eigenvalue weighted by atomic mass is 10.1. The summed E-state index contributed by atoms with van der Waals surface area (Å²) >= 11 is 7.31. The van der Waals surface area contributed by atoms with Crippen molar-refractivity contribution < 1.29 is 23.9 Å². The third kappa shape index (κ3) is 5.82. The Balaban J connectivity index is 1.49. The van der Waals surface area contributed by atoms with E-state index in [1.807, 2.05) is 31.2 Å². The molecule has 3 amide bonds. The van der Waals surface area contributed by atoms with Gasteiger partial charge in [-0.3, -0.25) is 19.3 Å². The molecule has 0 aliphatic carbocycles. The molecule has 9 heteroatoms. The number of imide groups is 1. The fourth-order valence-corrected chi connectivity index (χ4v) is 5.16. The van der Waals surface area contributed by atoms with Crippen LogP contribution in [0.4, 0.5) is 4.79 Å². The Bertz CT molecular complexity index is 1180. The topological polar surface area (TPSA) is 76.2 Å². The molecule has 184 valence electrons. The lowest BCUT2D eigenvalue weighted by Crippen LogP contribution is -2.44. The first kappa shape index (κ1) is 25.1. The summed E-state index contributed by atoms with van der Waals surface area (Å²) < 4.78 is 11.4. The highest BCUT2D eigenvalue weighted by atomic mass is 35.5. The molecule has 2 heterocycles. The van der Waals surface area contributed by atoms with E-state index in [0.29, 0.717) is 41.8 Å². The van der Waals surface area contributed by atoms with Crippen LogP contribution in [-0.2, 0) is 16.2 Å². The van der Waals surface area contributed by atoms with Crippen LogP contribution in [0.1, 0.15) is 36.0 Å². The number of halogens is 1. The molecule has 0 saturated carbocycles. The zero-order valence-electron chi connectivity index (χ0n) is 19.7. The van der Waals surface area contributed by atoms with E-state index >= 15 is 0 Å². The molecule has 0 bridgehead atoms. The summed E-state index contributed by atoms with van der Waals surface area (Å²) in [6.07, 6.45) is 4.56. The van der Waals surface area contributed by atoms with Crippen molar-refractivity contribution in [3.05, 3.63) is 63.0 Å². The molecule has 2 fully saturated rings. The van der Waals surface area contributed by atoms with Crippen molar-refractivity contribution in [3.8, 4) is 11.5 Å². The highest BCUT2D eigenvalue weighted by Gasteiger charge is 2.37. The highest BCUT2D eigenvalue weighted by Crippen LogP contribution is 2.39. The van der Waals surface area contributed by atoms with Gasteiger partial charge >= 0.3 is 0 Å². The molecular formula is C26H27ClN2O5S. The van der Waals surface area contributed by atoms with Gasteiger partial charge in [0.15, 0.2) is 11.5 Å². The number of amides is 3. The quantitative estimate of drug-likeness (QED) is 0.468. The maximum absolute atomic E-state index is 12.9. The van der Waals surface area contributed by atoms with Crippen LogP contribution < -0.4 is 9.47 Å². The maximum Gasteiger partial charge on any atom is 0.294 e. The standard InChI is InChI=1S/C26H27ClN2O5S/c1-17-8-4-5-9-19(17)16-34-24-20(27)12-18(13-21(24)33-2)14-22-25(31)29(26(32)35-22)15-23(30)28-10-6-3-7-11-28/h4-5,8-9,12-14H,3,6-7,10-11,15-16H2,1-2H3/b22-14-. The molecule has 7 nitrogen and oxygen atoms in total. The number of carbonyl (C=O) groups is 3. The average Bonchev–Trinajstić information content (AvgIpc) is 3.11. The second-order valence-electron chi connectivity index (χ2n) is 8.46. The minimum atomic E-state index is -0.486. The third-order valence-corrected chi connectivity index (χ3v) is 7.25. The van der Waals surface area contributed by atoms with Crippen LogP contribution in [0.5, 0.6) is 11.5 Å². The fraction of sp³-hybridized carbons (Fsp3) is 0.346. The van der Waals surface area contributed by atoms with Crippen molar-refractivity contribution in [2.24, 2.45) is 0 Å². The van der Waals surface area contributed by atoms with Crippen molar-refractivity contribution in [3.63, 3.8) is 0 Å². The number of aryl methyl sites for hydroxylation is 1. The van der Waals surface area contributed by atoms with E-state index < -0.39 is 11.1 Å². The van der Waals surface area contributed by atoms with E-state index in [1.165, 1.54) is 7.11 Å². The van der Waals surface area contributed by atoms with Gasteiger partial charge in [-0.25, -0.2) is 0 Å². The number of hydrogen-bond acceptors (Lipinski definition) is 6. The van der Waals surface area contributed by atoms with Gasteiger partial charge in [0.2, 0.25) is 5.91 Å². The second kappa shape index (κ2) is 11.2. The van der Waals surface area contributed by atoms with Crippen LogP contribution >= 0.6 is 23.4 Å². The molecule has 0 radical (unpaired) electrons. The van der Waals surface area contributed by atoms with E-state index in [1.54, 1.807) is 23.1 Å². The minimum Gasteiger partial charge on any atom is -0.493 e. The van der Waals surface area contributed by atoms with Crippen LogP contribution in [-0.4, -0.2) is 53.6 Å². The molecule has 2 aromatic rings. The molecule has 2 aromatic carbocycles. The summed E-state index contributed by atoms with van der Waals surface area (Å²) in [5.74, 6) is 0.125. The molecule has 35 heavy (non-hydrogen) atoms. The number of carbonyl (C=O) groups excluding carboxylic acids is 3. The Morgan fingerprint density at radius 2 is 1.89 bits per heavy atom. The van der Waals surface area contributed by atoms with E-state index in [9.17, 15) is 14.4 Å². The van der Waals surface area contributed by atoms with Gasteiger partial charge in [0.25, 0.3) is 11.1 Å². The number of thioether (sulfide) groups is 1. The van der Waals surface area contributed by atoms with Crippen molar-refractivity contribution in [2.75, 3.05) is 26.7 Å². The molecule has 2 saturated heterocycles. The van der Waals surface area contributed by atoms with E-state index in [2.05, 4.69) is 0 Å². The summed E-state index contributed by atoms with van der Waals surface area (Å²) in [5, 5.41) is -0.133. The summed E-state index contributed by atoms with van der Waals surface area (Å²) in [6.45, 7) is 3.43. The summed E-state index contributed by atoms with van der Waals surface area (Å²) in [4.78, 5) is 40.9. The second-order valence-corrected chi connectivity index (χ2v) is 9.86. The molecule has 4 rings (SSSR count). The van der Waals surface area contributed by atoms with Crippen LogP contribution in [0.25, 0.3) is 6.08 Å². The molecular weight excluding hydrogens is 488 g/mol. The van der Waals surface area contributed by atoms with Crippen LogP contribution in [0.3, 0.4) is 0 Å². The van der Waals surface area contributed by atoms with Crippen molar-refractivity contribution >= 4 is 46.5 Å². The zero-order chi connectivity index (χ0) is 24.9. The van der Waals surface area contributed by atoms with Gasteiger partial charge < -0.3 is 14.4 Å². The van der Waals surface area contributed by atoms with Gasteiger partial charge in [0.05, 0.1) is 17.0 Å². The van der Waals surface area contributed by atoms with Gasteiger partial charge in [0.1, 0.15) is 13.2 Å². The Kier molecular flexibility index (Phi) is 8.03. The largest absolute Gasteiger partial charge is 0.493 e. The number of methoxy groups -OCH3 is 1. The van der Waals surface area contributed by atoms with Crippen LogP contribution in [0.2, 0.25) is 5.02 Å². The number of piperidine rings is 1. The fourth-order valence-electron chi connectivity index (χ4n) is 4.05. The highest BCUT2D eigenvalue weighted by molar-refractivity contribution is 8.18. The molecule has 0 aromatic heterocycles. The van der Waals surface area contributed by atoms with Crippen molar-refractivity contribution in [1.82, 2.24) is 9.80 Å². The van der Waals surface area contributed by atoms with Crippen molar-refractivity contribution in [2.45, 2.75) is 32.8 Å². The smallest absolute Gasteiger partial charge is 0.294 e. The van der Waals surface area contributed by atoms with E-state index in [0.717, 1.165) is 47.1 Å². The predicted octanol–water partition coefficient (Wildman–Crippen LogP) is 5.28. The summed E-state index contributed by atoms with van der Waals surface area (Å²) in [5.41, 5.74) is 2.72. The lowest BCUT2D eigenvalue weighted by Gasteiger charge is -2.27.